The fraction of sp³-hybridized carbons (Fsp3) is 0.200. The molecule has 1 aliphatic heterocycles. The molecular weight excluding hydrogens is 226 g/mol. The SMILES string of the molecule is Cc1cccc(NCc2cccc3c2OCO3)c1. The first-order chi connectivity index (χ1) is 8.83. The van der Waals surface area contributed by atoms with E-state index in [9.17, 15) is 0 Å². The van der Waals surface area contributed by atoms with Gasteiger partial charge in [0.25, 0.3) is 0 Å². The van der Waals surface area contributed by atoms with Crippen LogP contribution in [0.2, 0.25) is 0 Å². The molecule has 2 aromatic carbocycles. The summed E-state index contributed by atoms with van der Waals surface area (Å²) < 4.78 is 10.8. The Morgan fingerprint density at radius 1 is 1.11 bits per heavy atom. The number of rotatable bonds is 3. The predicted octanol–water partition coefficient (Wildman–Crippen LogP) is 3.34. The molecule has 0 radical (unpaired) electrons. The van der Waals surface area contributed by atoms with Crippen LogP contribution in [0.3, 0.4) is 0 Å². The van der Waals surface area contributed by atoms with Gasteiger partial charge in [-0.1, -0.05) is 24.3 Å². The lowest BCUT2D eigenvalue weighted by atomic mass is 10.1. The first-order valence-corrected chi connectivity index (χ1v) is 6.01. The number of anilines is 1. The highest BCUT2D eigenvalue weighted by Gasteiger charge is 2.16. The largest absolute Gasteiger partial charge is 0.454 e. The Bertz CT molecular complexity index is 566. The van der Waals surface area contributed by atoms with E-state index < -0.39 is 0 Å². The van der Waals surface area contributed by atoms with Gasteiger partial charge in [-0.25, -0.2) is 0 Å². The van der Waals surface area contributed by atoms with Gasteiger partial charge >= 0.3 is 0 Å². The van der Waals surface area contributed by atoms with Gasteiger partial charge < -0.3 is 14.8 Å². The number of aryl methyl sites for hydroxylation is 1. The molecule has 0 fully saturated rings. The molecule has 0 saturated heterocycles. The van der Waals surface area contributed by atoms with Crippen LogP contribution in [0.1, 0.15) is 11.1 Å². The number of ether oxygens (including phenoxy) is 2. The summed E-state index contributed by atoms with van der Waals surface area (Å²) in [6.07, 6.45) is 0. The summed E-state index contributed by atoms with van der Waals surface area (Å²) in [7, 11) is 0. The molecule has 1 aliphatic rings. The minimum absolute atomic E-state index is 0.316. The normalized spacial score (nSPS) is 12.5. The van der Waals surface area contributed by atoms with E-state index in [4.69, 9.17) is 9.47 Å². The van der Waals surface area contributed by atoms with Gasteiger partial charge in [0, 0.05) is 17.8 Å². The lowest BCUT2D eigenvalue weighted by Gasteiger charge is -2.09. The summed E-state index contributed by atoms with van der Waals surface area (Å²) in [5.41, 5.74) is 3.48. The Balaban J connectivity index is 1.76. The van der Waals surface area contributed by atoms with Crippen molar-refractivity contribution in [2.75, 3.05) is 12.1 Å². The van der Waals surface area contributed by atoms with E-state index in [2.05, 4.69) is 36.5 Å². The number of hydrogen-bond donors (Lipinski definition) is 1. The van der Waals surface area contributed by atoms with Gasteiger partial charge in [0.2, 0.25) is 6.79 Å². The zero-order valence-corrected chi connectivity index (χ0v) is 10.3. The molecule has 3 nitrogen and oxygen atoms in total. The summed E-state index contributed by atoms with van der Waals surface area (Å²) in [4.78, 5) is 0. The molecule has 3 heteroatoms. The smallest absolute Gasteiger partial charge is 0.231 e. The van der Waals surface area contributed by atoms with Gasteiger partial charge in [-0.2, -0.15) is 0 Å². The van der Waals surface area contributed by atoms with Crippen molar-refractivity contribution < 1.29 is 9.47 Å². The van der Waals surface area contributed by atoms with Gasteiger partial charge in [0.05, 0.1) is 0 Å². The Kier molecular flexibility index (Phi) is 2.81. The molecule has 0 unspecified atom stereocenters. The fourth-order valence-electron chi connectivity index (χ4n) is 2.08. The van der Waals surface area contributed by atoms with Crippen molar-refractivity contribution in [1.82, 2.24) is 0 Å². The van der Waals surface area contributed by atoms with Crippen LogP contribution in [-0.2, 0) is 6.54 Å². The minimum Gasteiger partial charge on any atom is -0.454 e. The molecule has 0 spiro atoms. The van der Waals surface area contributed by atoms with Gasteiger partial charge in [-0.3, -0.25) is 0 Å². The molecule has 1 heterocycles. The first kappa shape index (κ1) is 11.0. The van der Waals surface area contributed by atoms with Crippen molar-refractivity contribution in [1.29, 1.82) is 0 Å². The molecule has 0 atom stereocenters. The van der Waals surface area contributed by atoms with Gasteiger partial charge in [-0.15, -0.1) is 0 Å². The van der Waals surface area contributed by atoms with E-state index in [-0.39, 0.29) is 0 Å². The molecule has 92 valence electrons. The summed E-state index contributed by atoms with van der Waals surface area (Å²) in [5, 5.41) is 3.40. The zero-order valence-electron chi connectivity index (χ0n) is 10.3. The fourth-order valence-corrected chi connectivity index (χ4v) is 2.08. The third-order valence-corrected chi connectivity index (χ3v) is 2.98. The summed E-state index contributed by atoms with van der Waals surface area (Å²) in [5.74, 6) is 1.69. The molecule has 18 heavy (non-hydrogen) atoms. The van der Waals surface area contributed by atoms with Crippen LogP contribution in [0.15, 0.2) is 42.5 Å². The maximum absolute atomic E-state index is 5.48. The average Bonchev–Trinajstić information content (AvgIpc) is 2.85. The molecular formula is C15H15NO2. The highest BCUT2D eigenvalue weighted by atomic mass is 16.7. The van der Waals surface area contributed by atoms with Crippen LogP contribution in [0.25, 0.3) is 0 Å². The summed E-state index contributed by atoms with van der Waals surface area (Å²) >= 11 is 0. The van der Waals surface area contributed by atoms with Crippen molar-refractivity contribution in [3.63, 3.8) is 0 Å². The monoisotopic (exact) mass is 241 g/mol. The van der Waals surface area contributed by atoms with Crippen LogP contribution in [0.5, 0.6) is 11.5 Å². The topological polar surface area (TPSA) is 30.5 Å². The van der Waals surface area contributed by atoms with Crippen molar-refractivity contribution >= 4 is 5.69 Å². The molecule has 0 bridgehead atoms. The molecule has 0 saturated carbocycles. The third-order valence-electron chi connectivity index (χ3n) is 2.98. The van der Waals surface area contributed by atoms with Gasteiger partial charge in [0.15, 0.2) is 11.5 Å². The second kappa shape index (κ2) is 4.61. The third kappa shape index (κ3) is 2.12. The van der Waals surface area contributed by atoms with Crippen molar-refractivity contribution in [2.45, 2.75) is 13.5 Å². The Morgan fingerprint density at radius 2 is 2.00 bits per heavy atom. The number of benzene rings is 2. The van der Waals surface area contributed by atoms with E-state index in [0.29, 0.717) is 6.79 Å². The molecule has 0 aliphatic carbocycles. The summed E-state index contributed by atoms with van der Waals surface area (Å²) in [6.45, 7) is 3.13. The molecule has 0 amide bonds. The molecule has 1 N–H and O–H groups in total. The second-order valence-electron chi connectivity index (χ2n) is 4.37. The summed E-state index contributed by atoms with van der Waals surface area (Å²) in [6, 6.07) is 14.3. The second-order valence-corrected chi connectivity index (χ2v) is 4.37. The molecule has 2 aromatic rings. The maximum atomic E-state index is 5.48. The van der Waals surface area contributed by atoms with Crippen LogP contribution in [0, 0.1) is 6.92 Å². The predicted molar refractivity (Wildman–Crippen MR) is 71.1 cm³/mol. The van der Waals surface area contributed by atoms with E-state index >= 15 is 0 Å². The maximum Gasteiger partial charge on any atom is 0.231 e. The zero-order chi connectivity index (χ0) is 12.4. The highest BCUT2D eigenvalue weighted by molar-refractivity contribution is 5.51. The van der Waals surface area contributed by atoms with E-state index in [1.165, 1.54) is 5.56 Å². The first-order valence-electron chi connectivity index (χ1n) is 6.01. The Labute approximate surface area is 106 Å². The van der Waals surface area contributed by atoms with E-state index in [1.807, 2.05) is 18.2 Å². The van der Waals surface area contributed by atoms with E-state index in [0.717, 1.165) is 29.3 Å². The van der Waals surface area contributed by atoms with Crippen molar-refractivity contribution in [2.24, 2.45) is 0 Å². The lowest BCUT2D eigenvalue weighted by Crippen LogP contribution is -2.01. The van der Waals surface area contributed by atoms with Crippen LogP contribution in [-0.4, -0.2) is 6.79 Å². The average molecular weight is 241 g/mol. The number of para-hydroxylation sites is 1. The van der Waals surface area contributed by atoms with Crippen LogP contribution < -0.4 is 14.8 Å². The number of nitrogens with one attached hydrogen (secondary N) is 1. The van der Waals surface area contributed by atoms with Crippen LogP contribution >= 0.6 is 0 Å². The molecule has 0 aromatic heterocycles. The standard InChI is InChI=1S/C15H15NO2/c1-11-4-2-6-13(8-11)16-9-12-5-3-7-14-15(12)18-10-17-14/h2-8,16H,9-10H2,1H3. The van der Waals surface area contributed by atoms with E-state index in [1.54, 1.807) is 0 Å². The van der Waals surface area contributed by atoms with Gasteiger partial charge in [0.1, 0.15) is 0 Å². The minimum atomic E-state index is 0.316. The number of fused-ring (bicyclic) bond motifs is 1. The highest BCUT2D eigenvalue weighted by Crippen LogP contribution is 2.35. The quantitative estimate of drug-likeness (QED) is 0.894. The van der Waals surface area contributed by atoms with Crippen LogP contribution in [0.4, 0.5) is 5.69 Å². The van der Waals surface area contributed by atoms with Crippen molar-refractivity contribution in [3.05, 3.63) is 53.6 Å². The van der Waals surface area contributed by atoms with Crippen molar-refractivity contribution in [3.8, 4) is 11.5 Å². The van der Waals surface area contributed by atoms with Gasteiger partial charge in [-0.05, 0) is 30.7 Å². The Hall–Kier alpha value is -2.16. The lowest BCUT2D eigenvalue weighted by molar-refractivity contribution is 0.173. The molecule has 3 rings (SSSR count). The Morgan fingerprint density at radius 3 is 2.89 bits per heavy atom. The number of hydrogen-bond acceptors (Lipinski definition) is 3.